The quantitative estimate of drug-likeness (QED) is 0.836. The van der Waals surface area contributed by atoms with Crippen molar-refractivity contribution in [2.75, 3.05) is 11.9 Å². The van der Waals surface area contributed by atoms with E-state index in [9.17, 15) is 9.90 Å². The predicted octanol–water partition coefficient (Wildman–Crippen LogP) is 3.51. The molecule has 0 atom stereocenters. The predicted molar refractivity (Wildman–Crippen MR) is 75.3 cm³/mol. The molecule has 102 valence electrons. The van der Waals surface area contributed by atoms with Crippen LogP contribution >= 0.6 is 11.6 Å². The van der Waals surface area contributed by atoms with Gasteiger partial charge in [0.25, 0.3) is 0 Å². The topological polar surface area (TPSA) is 73.1 Å². The van der Waals surface area contributed by atoms with Crippen molar-refractivity contribution < 1.29 is 9.90 Å². The Morgan fingerprint density at radius 3 is 2.53 bits per heavy atom. The number of hydrogen-bond acceptors (Lipinski definition) is 3. The summed E-state index contributed by atoms with van der Waals surface area (Å²) >= 11 is 5.93. The molecule has 1 aromatic carbocycles. The number of carboxylic acid groups (broad SMARTS) is 1. The number of nitriles is 1. The minimum atomic E-state index is -0.801. The summed E-state index contributed by atoms with van der Waals surface area (Å²) < 4.78 is 0. The largest absolute Gasteiger partial charge is 0.481 e. The number of aliphatic carboxylic acids is 1. The highest BCUT2D eigenvalue weighted by atomic mass is 35.5. The molecule has 0 spiro atoms. The van der Waals surface area contributed by atoms with Gasteiger partial charge in [-0.1, -0.05) is 25.4 Å². The molecule has 4 nitrogen and oxygen atoms in total. The Balaban J connectivity index is 2.84. The van der Waals surface area contributed by atoms with E-state index in [1.54, 1.807) is 18.2 Å². The number of hydrogen-bond donors (Lipinski definition) is 2. The highest BCUT2D eigenvalue weighted by Gasteiger charge is 2.34. The number of rotatable bonds is 6. The molecule has 0 aliphatic heterocycles. The molecule has 0 aliphatic rings. The highest BCUT2D eigenvalue weighted by Crippen LogP contribution is 2.28. The second kappa shape index (κ2) is 6.44. The minimum Gasteiger partial charge on any atom is -0.481 e. The number of benzene rings is 1. The number of nitrogens with zero attached hydrogens (tertiary/aromatic N) is 1. The summed E-state index contributed by atoms with van der Waals surface area (Å²) in [4.78, 5) is 11.4. The lowest BCUT2D eigenvalue weighted by atomic mass is 9.82. The van der Waals surface area contributed by atoms with Gasteiger partial charge in [0, 0.05) is 12.2 Å². The molecule has 0 fully saturated rings. The van der Waals surface area contributed by atoms with Crippen molar-refractivity contribution in [3.05, 3.63) is 28.8 Å². The van der Waals surface area contributed by atoms with Crippen LogP contribution in [0.5, 0.6) is 0 Å². The number of carbonyl (C=O) groups is 1. The summed E-state index contributed by atoms with van der Waals surface area (Å²) in [6.07, 6.45) is 1.10. The third-order valence-electron chi connectivity index (χ3n) is 3.53. The maximum absolute atomic E-state index is 11.4. The molecule has 0 heterocycles. The molecule has 0 aromatic heterocycles. The van der Waals surface area contributed by atoms with Gasteiger partial charge in [-0.3, -0.25) is 4.79 Å². The van der Waals surface area contributed by atoms with Gasteiger partial charge in [-0.15, -0.1) is 0 Å². The van der Waals surface area contributed by atoms with Crippen molar-refractivity contribution in [1.29, 1.82) is 5.26 Å². The molecule has 2 N–H and O–H groups in total. The second-order valence-electron chi connectivity index (χ2n) is 4.45. The third-order valence-corrected chi connectivity index (χ3v) is 3.84. The van der Waals surface area contributed by atoms with Gasteiger partial charge < -0.3 is 10.4 Å². The van der Waals surface area contributed by atoms with E-state index >= 15 is 0 Å². The Kier molecular flexibility index (Phi) is 5.20. The van der Waals surface area contributed by atoms with Crippen LogP contribution in [-0.4, -0.2) is 17.6 Å². The fourth-order valence-corrected chi connectivity index (χ4v) is 2.09. The zero-order valence-electron chi connectivity index (χ0n) is 11.0. The smallest absolute Gasteiger partial charge is 0.311 e. The normalized spacial score (nSPS) is 10.8. The molecule has 5 heteroatoms. The first-order valence-electron chi connectivity index (χ1n) is 6.16. The summed E-state index contributed by atoms with van der Waals surface area (Å²) in [6, 6.07) is 6.96. The Labute approximate surface area is 118 Å². The fraction of sp³-hybridized carbons (Fsp3) is 0.429. The van der Waals surface area contributed by atoms with Gasteiger partial charge in [0.1, 0.15) is 6.07 Å². The van der Waals surface area contributed by atoms with Crippen LogP contribution < -0.4 is 5.32 Å². The molecule has 0 saturated carbocycles. The zero-order valence-corrected chi connectivity index (χ0v) is 11.8. The molecule has 19 heavy (non-hydrogen) atoms. The van der Waals surface area contributed by atoms with E-state index < -0.39 is 11.4 Å². The van der Waals surface area contributed by atoms with Crippen molar-refractivity contribution in [1.82, 2.24) is 0 Å². The number of halogens is 1. The van der Waals surface area contributed by atoms with Gasteiger partial charge in [-0.25, -0.2) is 0 Å². The first kappa shape index (κ1) is 15.3. The zero-order chi connectivity index (χ0) is 14.5. The van der Waals surface area contributed by atoms with Crippen LogP contribution in [0, 0.1) is 16.7 Å². The van der Waals surface area contributed by atoms with Crippen LogP contribution in [0.4, 0.5) is 5.69 Å². The average molecular weight is 281 g/mol. The first-order valence-corrected chi connectivity index (χ1v) is 6.53. The van der Waals surface area contributed by atoms with Gasteiger partial charge in [0.2, 0.25) is 0 Å². The highest BCUT2D eigenvalue weighted by molar-refractivity contribution is 6.32. The van der Waals surface area contributed by atoms with E-state index in [4.69, 9.17) is 16.9 Å². The minimum absolute atomic E-state index is 0.331. The molecular formula is C14H17ClN2O2. The fourth-order valence-electron chi connectivity index (χ4n) is 1.87. The maximum atomic E-state index is 11.4. The Hall–Kier alpha value is -1.73. The lowest BCUT2D eigenvalue weighted by Gasteiger charge is -2.27. The molecule has 0 bridgehead atoms. The van der Waals surface area contributed by atoms with E-state index in [1.807, 2.05) is 19.9 Å². The van der Waals surface area contributed by atoms with E-state index in [0.29, 0.717) is 30.0 Å². The third kappa shape index (κ3) is 3.39. The Morgan fingerprint density at radius 2 is 2.11 bits per heavy atom. The van der Waals surface area contributed by atoms with Crippen LogP contribution in [0.25, 0.3) is 0 Å². The summed E-state index contributed by atoms with van der Waals surface area (Å²) in [5, 5.41) is 21.6. The Bertz CT molecular complexity index is 505. The molecular weight excluding hydrogens is 264 g/mol. The molecule has 0 amide bonds. The van der Waals surface area contributed by atoms with Gasteiger partial charge in [0.15, 0.2) is 0 Å². The lowest BCUT2D eigenvalue weighted by molar-refractivity contribution is -0.148. The van der Waals surface area contributed by atoms with Gasteiger partial charge in [0.05, 0.1) is 16.0 Å². The van der Waals surface area contributed by atoms with Crippen LogP contribution in [-0.2, 0) is 4.79 Å². The molecule has 0 unspecified atom stereocenters. The molecule has 1 rings (SSSR count). The molecule has 1 aromatic rings. The van der Waals surface area contributed by atoms with Crippen molar-refractivity contribution in [3.8, 4) is 6.07 Å². The van der Waals surface area contributed by atoms with Crippen LogP contribution in [0.3, 0.4) is 0 Å². The summed E-state index contributed by atoms with van der Waals surface area (Å²) in [6.45, 7) is 4.06. The van der Waals surface area contributed by atoms with Crippen LogP contribution in [0.2, 0.25) is 5.02 Å². The summed E-state index contributed by atoms with van der Waals surface area (Å²) in [5.74, 6) is -0.801. The average Bonchev–Trinajstić information content (AvgIpc) is 2.40. The summed E-state index contributed by atoms with van der Waals surface area (Å²) in [5.41, 5.74) is 0.347. The number of nitrogens with one attached hydrogen (secondary N) is 1. The van der Waals surface area contributed by atoms with E-state index in [0.717, 1.165) is 5.69 Å². The Morgan fingerprint density at radius 1 is 1.47 bits per heavy atom. The van der Waals surface area contributed by atoms with E-state index in [-0.39, 0.29) is 0 Å². The molecule has 0 saturated heterocycles. The van der Waals surface area contributed by atoms with Gasteiger partial charge in [-0.2, -0.15) is 5.26 Å². The van der Waals surface area contributed by atoms with Crippen molar-refractivity contribution in [2.24, 2.45) is 5.41 Å². The SMILES string of the molecule is CCC(CC)(CNc1ccc(C#N)c(Cl)c1)C(=O)O. The van der Waals surface area contributed by atoms with Gasteiger partial charge in [-0.05, 0) is 31.0 Å². The monoisotopic (exact) mass is 280 g/mol. The molecule has 0 aliphatic carbocycles. The standard InChI is InChI=1S/C14H17ClN2O2/c1-3-14(4-2,13(18)19)9-17-11-6-5-10(8-16)12(15)7-11/h5-7,17H,3-4,9H2,1-2H3,(H,18,19). The van der Waals surface area contributed by atoms with E-state index in [1.165, 1.54) is 0 Å². The summed E-state index contributed by atoms with van der Waals surface area (Å²) in [7, 11) is 0. The van der Waals surface area contributed by atoms with Crippen LogP contribution in [0.1, 0.15) is 32.3 Å². The number of carboxylic acids is 1. The second-order valence-corrected chi connectivity index (χ2v) is 4.86. The van der Waals surface area contributed by atoms with Crippen molar-refractivity contribution >= 4 is 23.3 Å². The lowest BCUT2D eigenvalue weighted by Crippen LogP contribution is -2.36. The molecule has 0 radical (unpaired) electrons. The van der Waals surface area contributed by atoms with Crippen molar-refractivity contribution in [2.45, 2.75) is 26.7 Å². The number of anilines is 1. The van der Waals surface area contributed by atoms with Crippen molar-refractivity contribution in [3.63, 3.8) is 0 Å². The van der Waals surface area contributed by atoms with Gasteiger partial charge >= 0.3 is 5.97 Å². The van der Waals surface area contributed by atoms with Crippen LogP contribution in [0.15, 0.2) is 18.2 Å². The first-order chi connectivity index (χ1) is 8.99. The van der Waals surface area contributed by atoms with E-state index in [2.05, 4.69) is 5.32 Å². The maximum Gasteiger partial charge on any atom is 0.311 e.